The Kier molecular flexibility index (Phi) is 9.00. The number of aryl methyl sites for hydroxylation is 1. The highest BCUT2D eigenvalue weighted by molar-refractivity contribution is 8.26. The number of aliphatic carboxylic acids is 1. The van der Waals surface area contributed by atoms with Crippen molar-refractivity contribution in [2.75, 3.05) is 11.9 Å². The van der Waals surface area contributed by atoms with Crippen LogP contribution in [0.1, 0.15) is 49.9 Å². The molecule has 0 spiro atoms. The van der Waals surface area contributed by atoms with Crippen LogP contribution in [0.5, 0.6) is 0 Å². The zero-order chi connectivity index (χ0) is 26.4. The molecular formula is C26H28N4O4S2. The lowest BCUT2D eigenvalue weighted by molar-refractivity contribution is -0.134. The summed E-state index contributed by atoms with van der Waals surface area (Å²) in [6.07, 6.45) is 4.13. The van der Waals surface area contributed by atoms with Crippen LogP contribution in [0.2, 0.25) is 0 Å². The summed E-state index contributed by atoms with van der Waals surface area (Å²) in [4.78, 5) is 42.2. The largest absolute Gasteiger partial charge is 0.481 e. The molecule has 1 aliphatic rings. The number of carbonyl (C=O) groups is 2. The molecule has 0 radical (unpaired) electrons. The lowest BCUT2D eigenvalue weighted by atomic mass is 10.1. The van der Waals surface area contributed by atoms with Gasteiger partial charge in [-0.15, -0.1) is 0 Å². The molecule has 3 heterocycles. The van der Waals surface area contributed by atoms with Gasteiger partial charge in [0, 0.05) is 25.7 Å². The van der Waals surface area contributed by atoms with E-state index in [0.717, 1.165) is 24.5 Å². The number of benzene rings is 1. The second kappa shape index (κ2) is 12.0. The van der Waals surface area contributed by atoms with E-state index in [2.05, 4.69) is 5.32 Å². The number of aromatic nitrogens is 2. The number of nitrogens with one attached hydrogen (secondary N) is 1. The Bertz CT molecular complexity index is 1380. The van der Waals surface area contributed by atoms with Gasteiger partial charge >= 0.3 is 0 Å². The highest BCUT2D eigenvalue weighted by Crippen LogP contribution is 2.33. The second-order valence-corrected chi connectivity index (χ2v) is 9.87. The van der Waals surface area contributed by atoms with Gasteiger partial charge in [0.05, 0.1) is 10.5 Å². The van der Waals surface area contributed by atoms with Crippen LogP contribution < -0.4 is 10.9 Å². The van der Waals surface area contributed by atoms with Crippen LogP contribution in [0.25, 0.3) is 11.7 Å². The number of carbonyl (C=O) groups excluding carboxylic acids is 1. The Morgan fingerprint density at radius 2 is 1.89 bits per heavy atom. The van der Waals surface area contributed by atoms with Crippen LogP contribution >= 0.6 is 24.0 Å². The van der Waals surface area contributed by atoms with Gasteiger partial charge in [0.1, 0.15) is 15.8 Å². The number of thioether (sulfide) groups is 1. The Hall–Kier alpha value is -3.50. The SMILES string of the molecule is CC(=O)O.CCCN1C(=O)/C(=C\c2c(NC(C)c3ccccc3)nc3c(C)cccn3c2=O)SC1=S. The summed E-state index contributed by atoms with van der Waals surface area (Å²) >= 11 is 6.61. The predicted molar refractivity (Wildman–Crippen MR) is 148 cm³/mol. The minimum Gasteiger partial charge on any atom is -0.481 e. The maximum absolute atomic E-state index is 13.5. The number of anilines is 1. The zero-order valence-corrected chi connectivity index (χ0v) is 22.2. The second-order valence-electron chi connectivity index (χ2n) is 8.19. The fourth-order valence-corrected chi connectivity index (χ4v) is 4.92. The summed E-state index contributed by atoms with van der Waals surface area (Å²) in [6, 6.07) is 13.6. The van der Waals surface area contributed by atoms with Gasteiger partial charge in [-0.3, -0.25) is 23.7 Å². The van der Waals surface area contributed by atoms with E-state index >= 15 is 0 Å². The molecule has 188 valence electrons. The molecule has 1 fully saturated rings. The van der Waals surface area contributed by atoms with Crippen LogP contribution in [0, 0.1) is 6.92 Å². The molecule has 1 atom stereocenters. The molecule has 1 amide bonds. The van der Waals surface area contributed by atoms with Gasteiger partial charge in [0.15, 0.2) is 0 Å². The summed E-state index contributed by atoms with van der Waals surface area (Å²) in [5.74, 6) is -0.556. The first-order valence-corrected chi connectivity index (χ1v) is 12.6. The Morgan fingerprint density at radius 1 is 1.22 bits per heavy atom. The van der Waals surface area contributed by atoms with Crippen molar-refractivity contribution in [2.45, 2.75) is 40.2 Å². The molecule has 3 aromatic rings. The molecule has 8 nitrogen and oxygen atoms in total. The minimum atomic E-state index is -0.833. The van der Waals surface area contributed by atoms with E-state index in [1.807, 2.05) is 63.2 Å². The van der Waals surface area contributed by atoms with Crippen LogP contribution in [-0.4, -0.2) is 42.1 Å². The van der Waals surface area contributed by atoms with E-state index < -0.39 is 5.97 Å². The molecule has 0 aliphatic carbocycles. The summed E-state index contributed by atoms with van der Waals surface area (Å²) < 4.78 is 2.03. The smallest absolute Gasteiger partial charge is 0.300 e. The molecule has 2 aromatic heterocycles. The van der Waals surface area contributed by atoms with Gasteiger partial charge in [-0.25, -0.2) is 4.98 Å². The lowest BCUT2D eigenvalue weighted by Crippen LogP contribution is -2.28. The summed E-state index contributed by atoms with van der Waals surface area (Å²) in [5, 5.41) is 10.8. The van der Waals surface area contributed by atoms with E-state index in [1.165, 1.54) is 16.2 Å². The first-order valence-electron chi connectivity index (χ1n) is 11.4. The molecule has 36 heavy (non-hydrogen) atoms. The summed E-state index contributed by atoms with van der Waals surface area (Å²) in [5.41, 5.74) is 2.64. The molecule has 10 heteroatoms. The molecular weight excluding hydrogens is 496 g/mol. The Labute approximate surface area is 219 Å². The van der Waals surface area contributed by atoms with Crippen LogP contribution in [0.15, 0.2) is 58.4 Å². The van der Waals surface area contributed by atoms with Gasteiger partial charge in [0.25, 0.3) is 17.4 Å². The van der Waals surface area contributed by atoms with Crippen molar-refractivity contribution in [3.8, 4) is 0 Å². The first kappa shape index (κ1) is 27.1. The quantitative estimate of drug-likeness (QED) is 0.347. The van der Waals surface area contributed by atoms with Gasteiger partial charge < -0.3 is 10.4 Å². The number of fused-ring (bicyclic) bond motifs is 1. The summed E-state index contributed by atoms with van der Waals surface area (Å²) in [7, 11) is 0. The number of hydrogen-bond acceptors (Lipinski definition) is 7. The van der Waals surface area contributed by atoms with E-state index in [0.29, 0.717) is 32.8 Å². The number of pyridine rings is 1. The fraction of sp³-hybridized carbons (Fsp3) is 0.269. The first-order chi connectivity index (χ1) is 17.1. The third kappa shape index (κ3) is 6.19. The third-order valence-electron chi connectivity index (χ3n) is 5.33. The molecule has 1 saturated heterocycles. The zero-order valence-electron chi connectivity index (χ0n) is 20.5. The number of thiocarbonyl (C=S) groups is 1. The van der Waals surface area contributed by atoms with Crippen molar-refractivity contribution in [3.63, 3.8) is 0 Å². The van der Waals surface area contributed by atoms with E-state index in [9.17, 15) is 9.59 Å². The Balaban J connectivity index is 0.000000840. The number of nitrogens with zero attached hydrogens (tertiary/aromatic N) is 3. The highest BCUT2D eigenvalue weighted by atomic mass is 32.2. The van der Waals surface area contributed by atoms with Gasteiger partial charge in [-0.2, -0.15) is 0 Å². The van der Waals surface area contributed by atoms with Crippen LogP contribution in [0.3, 0.4) is 0 Å². The molecule has 1 aliphatic heterocycles. The topological polar surface area (TPSA) is 104 Å². The number of carboxylic acid groups (broad SMARTS) is 1. The van der Waals surface area contributed by atoms with Crippen molar-refractivity contribution in [2.24, 2.45) is 0 Å². The maximum Gasteiger partial charge on any atom is 0.300 e. The fourth-order valence-electron chi connectivity index (χ4n) is 3.63. The van der Waals surface area contributed by atoms with Gasteiger partial charge in [-0.1, -0.05) is 67.3 Å². The van der Waals surface area contributed by atoms with Crippen molar-refractivity contribution < 1.29 is 14.7 Å². The normalized spacial score (nSPS) is 15.1. The van der Waals surface area contributed by atoms with Crippen LogP contribution in [0.4, 0.5) is 5.82 Å². The molecule has 1 aromatic carbocycles. The molecule has 0 bridgehead atoms. The Morgan fingerprint density at radius 3 is 2.53 bits per heavy atom. The highest BCUT2D eigenvalue weighted by Gasteiger charge is 2.32. The molecule has 2 N–H and O–H groups in total. The number of carboxylic acids is 1. The summed E-state index contributed by atoms with van der Waals surface area (Å²) in [6.45, 7) is 7.58. The molecule has 4 rings (SSSR count). The molecule has 0 saturated carbocycles. The van der Waals surface area contributed by atoms with E-state index in [1.54, 1.807) is 17.2 Å². The monoisotopic (exact) mass is 524 g/mol. The third-order valence-corrected chi connectivity index (χ3v) is 6.71. The van der Waals surface area contributed by atoms with E-state index in [4.69, 9.17) is 27.1 Å². The number of hydrogen-bond donors (Lipinski definition) is 2. The lowest BCUT2D eigenvalue weighted by Gasteiger charge is -2.18. The predicted octanol–water partition coefficient (Wildman–Crippen LogP) is 4.88. The maximum atomic E-state index is 13.5. The van der Waals surface area contributed by atoms with Crippen molar-refractivity contribution in [1.29, 1.82) is 0 Å². The minimum absolute atomic E-state index is 0.0867. The van der Waals surface area contributed by atoms with Crippen LogP contribution in [-0.2, 0) is 9.59 Å². The average Bonchev–Trinajstić information content (AvgIpc) is 3.10. The average molecular weight is 525 g/mol. The van der Waals surface area contributed by atoms with E-state index in [-0.39, 0.29) is 17.5 Å². The number of rotatable bonds is 6. The van der Waals surface area contributed by atoms with Gasteiger partial charge in [-0.05, 0) is 43.5 Å². The van der Waals surface area contributed by atoms with Crippen molar-refractivity contribution in [1.82, 2.24) is 14.3 Å². The van der Waals surface area contributed by atoms with Crippen molar-refractivity contribution in [3.05, 3.63) is 80.6 Å². The number of amides is 1. The molecule has 1 unspecified atom stereocenters. The standard InChI is InChI=1S/C24H24N4O2S2.C2H4O2/c1-4-12-28-23(30)19(32-24(28)31)14-18-20(25-16(3)17-10-6-5-7-11-17)26-21-15(2)9-8-13-27(21)22(18)29;1-2(3)4/h5-11,13-14,16,25H,4,12H2,1-3H3;1H3,(H,3,4)/b19-14+;. The van der Waals surface area contributed by atoms with Gasteiger partial charge in [0.2, 0.25) is 0 Å². The van der Waals surface area contributed by atoms with Crippen molar-refractivity contribution >= 4 is 57.7 Å².